The summed E-state index contributed by atoms with van der Waals surface area (Å²) in [7, 11) is -3.35. The number of nitrogens with one attached hydrogen (secondary N) is 1. The molecule has 1 amide bonds. The average molecular weight is 397 g/mol. The van der Waals surface area contributed by atoms with Crippen molar-refractivity contribution in [2.45, 2.75) is 18.7 Å². The fourth-order valence-electron chi connectivity index (χ4n) is 2.76. The monoisotopic (exact) mass is 396 g/mol. The molecule has 0 saturated carbocycles. The molecule has 0 bridgehead atoms. The number of sulfone groups is 1. The number of carbonyl (C=O) groups is 1. The van der Waals surface area contributed by atoms with Gasteiger partial charge in [0.15, 0.2) is 15.8 Å². The molecule has 1 saturated heterocycles. The summed E-state index contributed by atoms with van der Waals surface area (Å²) in [5.74, 6) is 0.624. The minimum Gasteiger partial charge on any atom is -0.450 e. The molecule has 1 aromatic carbocycles. The Balaban J connectivity index is 1.94. The Hall–Kier alpha value is -2.29. The lowest BCUT2D eigenvalue weighted by atomic mass is 10.3. The van der Waals surface area contributed by atoms with Crippen LogP contribution in [0.1, 0.15) is 13.8 Å². The van der Waals surface area contributed by atoms with E-state index >= 15 is 0 Å². The Labute approximate surface area is 161 Å². The van der Waals surface area contributed by atoms with Crippen molar-refractivity contribution in [3.8, 4) is 0 Å². The van der Waals surface area contributed by atoms with Crippen LogP contribution in [0, 0.1) is 0 Å². The molecule has 1 aliphatic heterocycles. The van der Waals surface area contributed by atoms with Gasteiger partial charge in [-0.25, -0.2) is 13.2 Å². The molecule has 27 heavy (non-hydrogen) atoms. The van der Waals surface area contributed by atoms with Crippen molar-refractivity contribution < 1.29 is 17.9 Å². The molecule has 8 nitrogen and oxygen atoms in total. The summed E-state index contributed by atoms with van der Waals surface area (Å²) in [4.78, 5) is 20.3. The highest BCUT2D eigenvalue weighted by Crippen LogP contribution is 2.10. The summed E-state index contributed by atoms with van der Waals surface area (Å²) in [6, 6.07) is 8.40. The van der Waals surface area contributed by atoms with Gasteiger partial charge in [0.1, 0.15) is 0 Å². The van der Waals surface area contributed by atoms with Crippen molar-refractivity contribution in [2.24, 2.45) is 4.99 Å². The van der Waals surface area contributed by atoms with Crippen LogP contribution < -0.4 is 5.32 Å². The van der Waals surface area contributed by atoms with E-state index in [2.05, 4.69) is 10.3 Å². The van der Waals surface area contributed by atoms with Crippen molar-refractivity contribution in [2.75, 3.05) is 51.6 Å². The first kappa shape index (κ1) is 21.0. The lowest BCUT2D eigenvalue weighted by molar-refractivity contribution is 0.0914. The molecule has 9 heteroatoms. The summed E-state index contributed by atoms with van der Waals surface area (Å²) in [5, 5.41) is 3.19. The fraction of sp³-hybridized carbons (Fsp3) is 0.556. The first-order valence-electron chi connectivity index (χ1n) is 9.20. The third kappa shape index (κ3) is 6.13. The van der Waals surface area contributed by atoms with E-state index in [4.69, 9.17) is 4.74 Å². The van der Waals surface area contributed by atoms with Gasteiger partial charge in [0.2, 0.25) is 0 Å². The zero-order chi connectivity index (χ0) is 19.7. The van der Waals surface area contributed by atoms with E-state index < -0.39 is 9.84 Å². The van der Waals surface area contributed by atoms with Gasteiger partial charge in [-0.2, -0.15) is 0 Å². The average Bonchev–Trinajstić information content (AvgIpc) is 2.68. The Morgan fingerprint density at radius 2 is 1.74 bits per heavy atom. The quantitative estimate of drug-likeness (QED) is 0.574. The maximum atomic E-state index is 12.4. The third-order valence-corrected chi connectivity index (χ3v) is 5.87. The Morgan fingerprint density at radius 1 is 1.11 bits per heavy atom. The molecule has 1 aliphatic rings. The van der Waals surface area contributed by atoms with Crippen LogP contribution in [-0.2, 0) is 14.6 Å². The second-order valence-electron chi connectivity index (χ2n) is 6.04. The SMILES string of the molecule is CCNC(=NCCS(=O)(=O)c1ccccc1)N1CCN(C(=O)OCC)CC1. The van der Waals surface area contributed by atoms with Crippen LogP contribution in [0.15, 0.2) is 40.2 Å². The smallest absolute Gasteiger partial charge is 0.409 e. The number of ether oxygens (including phenoxy) is 1. The van der Waals surface area contributed by atoms with Crippen molar-refractivity contribution in [3.05, 3.63) is 30.3 Å². The fourth-order valence-corrected chi connectivity index (χ4v) is 3.90. The molecule has 1 fully saturated rings. The Kier molecular flexibility index (Phi) is 7.90. The molecular weight excluding hydrogens is 368 g/mol. The van der Waals surface area contributed by atoms with Crippen molar-refractivity contribution in [1.29, 1.82) is 0 Å². The van der Waals surface area contributed by atoms with E-state index in [1.165, 1.54) is 0 Å². The molecule has 0 spiro atoms. The predicted octanol–water partition coefficient (Wildman–Crippen LogP) is 1.20. The van der Waals surface area contributed by atoms with Crippen LogP contribution >= 0.6 is 0 Å². The Morgan fingerprint density at radius 3 is 2.33 bits per heavy atom. The van der Waals surface area contributed by atoms with Crippen LogP contribution in [-0.4, -0.2) is 81.9 Å². The van der Waals surface area contributed by atoms with Gasteiger partial charge >= 0.3 is 6.09 Å². The van der Waals surface area contributed by atoms with Crippen LogP contribution in [0.25, 0.3) is 0 Å². The second kappa shape index (κ2) is 10.1. The molecular formula is C18H28N4O4S. The normalized spacial score (nSPS) is 15.6. The van der Waals surface area contributed by atoms with E-state index in [9.17, 15) is 13.2 Å². The van der Waals surface area contributed by atoms with Gasteiger partial charge in [0, 0.05) is 32.7 Å². The van der Waals surface area contributed by atoms with Gasteiger partial charge in [-0.3, -0.25) is 4.99 Å². The number of amides is 1. The zero-order valence-electron chi connectivity index (χ0n) is 15.9. The first-order valence-corrected chi connectivity index (χ1v) is 10.9. The molecule has 1 heterocycles. The number of guanidine groups is 1. The van der Waals surface area contributed by atoms with Gasteiger partial charge < -0.3 is 19.9 Å². The molecule has 0 aliphatic carbocycles. The minimum absolute atomic E-state index is 0.0469. The molecule has 0 radical (unpaired) electrons. The summed E-state index contributed by atoms with van der Waals surface area (Å²) in [5.41, 5.74) is 0. The van der Waals surface area contributed by atoms with E-state index in [0.717, 1.165) is 0 Å². The summed E-state index contributed by atoms with van der Waals surface area (Å²) < 4.78 is 29.8. The lowest BCUT2D eigenvalue weighted by Gasteiger charge is -2.35. The molecule has 1 aromatic rings. The molecule has 1 N–H and O–H groups in total. The number of hydrogen-bond donors (Lipinski definition) is 1. The summed E-state index contributed by atoms with van der Waals surface area (Å²) >= 11 is 0. The summed E-state index contributed by atoms with van der Waals surface area (Å²) in [6.45, 7) is 7.31. The number of rotatable bonds is 6. The number of benzene rings is 1. The highest BCUT2D eigenvalue weighted by molar-refractivity contribution is 7.91. The van der Waals surface area contributed by atoms with Crippen molar-refractivity contribution >= 4 is 21.9 Å². The van der Waals surface area contributed by atoms with Gasteiger partial charge in [0.05, 0.1) is 23.8 Å². The van der Waals surface area contributed by atoms with Gasteiger partial charge in [-0.1, -0.05) is 18.2 Å². The van der Waals surface area contributed by atoms with E-state index in [0.29, 0.717) is 50.2 Å². The zero-order valence-corrected chi connectivity index (χ0v) is 16.7. The highest BCUT2D eigenvalue weighted by atomic mass is 32.2. The predicted molar refractivity (Wildman–Crippen MR) is 105 cm³/mol. The van der Waals surface area contributed by atoms with E-state index in [1.807, 2.05) is 11.8 Å². The Bertz CT molecular complexity index is 729. The number of carbonyl (C=O) groups excluding carboxylic acids is 1. The largest absolute Gasteiger partial charge is 0.450 e. The van der Waals surface area contributed by atoms with Crippen molar-refractivity contribution in [3.63, 3.8) is 0 Å². The van der Waals surface area contributed by atoms with E-state index in [1.54, 1.807) is 42.2 Å². The molecule has 0 atom stereocenters. The third-order valence-electron chi connectivity index (χ3n) is 4.16. The topological polar surface area (TPSA) is 91.3 Å². The van der Waals surface area contributed by atoms with Crippen LogP contribution in [0.2, 0.25) is 0 Å². The lowest BCUT2D eigenvalue weighted by Crippen LogP contribution is -2.54. The maximum Gasteiger partial charge on any atom is 0.409 e. The van der Waals surface area contributed by atoms with Crippen LogP contribution in [0.5, 0.6) is 0 Å². The summed E-state index contributed by atoms with van der Waals surface area (Å²) in [6.07, 6.45) is -0.298. The second-order valence-corrected chi connectivity index (χ2v) is 8.15. The van der Waals surface area contributed by atoms with Crippen LogP contribution in [0.3, 0.4) is 0 Å². The van der Waals surface area contributed by atoms with Crippen LogP contribution in [0.4, 0.5) is 4.79 Å². The molecule has 0 unspecified atom stereocenters. The van der Waals surface area contributed by atoms with E-state index in [-0.39, 0.29) is 18.4 Å². The maximum absolute atomic E-state index is 12.4. The molecule has 0 aromatic heterocycles. The number of nitrogens with zero attached hydrogens (tertiary/aromatic N) is 3. The highest BCUT2D eigenvalue weighted by Gasteiger charge is 2.23. The number of aliphatic imine (C=N–C) groups is 1. The van der Waals surface area contributed by atoms with Gasteiger partial charge in [0.25, 0.3) is 0 Å². The minimum atomic E-state index is -3.35. The number of hydrogen-bond acceptors (Lipinski definition) is 5. The molecule has 2 rings (SSSR count). The number of piperazine rings is 1. The standard InChI is InChI=1S/C18H28N4O4S/c1-3-19-17(21-11-13-22(14-12-21)18(23)26-4-2)20-10-15-27(24,25)16-8-6-5-7-9-16/h5-9H,3-4,10-15H2,1-2H3,(H,19,20). The van der Waals surface area contributed by atoms with Gasteiger partial charge in [-0.15, -0.1) is 0 Å². The van der Waals surface area contributed by atoms with Gasteiger partial charge in [-0.05, 0) is 26.0 Å². The van der Waals surface area contributed by atoms with Crippen molar-refractivity contribution in [1.82, 2.24) is 15.1 Å². The molecule has 150 valence electrons. The first-order chi connectivity index (χ1) is 13.0.